The van der Waals surface area contributed by atoms with Crippen LogP contribution in [-0.2, 0) is 6.54 Å². The van der Waals surface area contributed by atoms with Crippen LogP contribution < -0.4 is 5.32 Å². The van der Waals surface area contributed by atoms with E-state index in [0.717, 1.165) is 18.9 Å². The van der Waals surface area contributed by atoms with Crippen molar-refractivity contribution in [2.45, 2.75) is 45.7 Å². The molecule has 0 fully saturated rings. The summed E-state index contributed by atoms with van der Waals surface area (Å²) in [6.07, 6.45) is 2.11. The molecule has 0 spiro atoms. The number of hydrogen-bond donors (Lipinski definition) is 1. The van der Waals surface area contributed by atoms with Crippen molar-refractivity contribution >= 4 is 0 Å². The molecule has 1 nitrogen and oxygen atoms in total. The Morgan fingerprint density at radius 2 is 1.69 bits per heavy atom. The minimum atomic E-state index is -0.523. The largest absolute Gasteiger partial charge is 0.308 e. The first-order valence-corrected chi connectivity index (χ1v) is 5.63. The fraction of sp³-hybridized carbons (Fsp3) is 0.538. The molecule has 0 atom stereocenters. The Bertz CT molecular complexity index is 328. The minimum Gasteiger partial charge on any atom is -0.308 e. The molecule has 0 aliphatic carbocycles. The summed E-state index contributed by atoms with van der Waals surface area (Å²) >= 11 is 0. The summed E-state index contributed by atoms with van der Waals surface area (Å²) in [5.74, 6) is -1.05. The Balaban J connectivity index is 2.60. The molecule has 1 aromatic carbocycles. The van der Waals surface area contributed by atoms with Crippen LogP contribution in [-0.4, -0.2) is 5.54 Å². The highest BCUT2D eigenvalue weighted by Gasteiger charge is 2.15. The Morgan fingerprint density at radius 3 is 2.19 bits per heavy atom. The van der Waals surface area contributed by atoms with E-state index in [4.69, 9.17) is 0 Å². The van der Waals surface area contributed by atoms with Crippen molar-refractivity contribution < 1.29 is 8.78 Å². The van der Waals surface area contributed by atoms with E-state index >= 15 is 0 Å². The Labute approximate surface area is 95.9 Å². The average molecular weight is 227 g/mol. The van der Waals surface area contributed by atoms with Crippen LogP contribution in [0.3, 0.4) is 0 Å². The normalized spacial score (nSPS) is 11.8. The maximum absolute atomic E-state index is 12.9. The summed E-state index contributed by atoms with van der Waals surface area (Å²) in [5.41, 5.74) is 0.638. The summed E-state index contributed by atoms with van der Waals surface area (Å²) in [7, 11) is 0. The summed E-state index contributed by atoms with van der Waals surface area (Å²) in [6.45, 7) is 6.78. The molecule has 0 saturated heterocycles. The van der Waals surface area contributed by atoms with Gasteiger partial charge in [0.1, 0.15) is 11.6 Å². The summed E-state index contributed by atoms with van der Waals surface area (Å²) < 4.78 is 25.9. The van der Waals surface area contributed by atoms with E-state index < -0.39 is 11.6 Å². The quantitative estimate of drug-likeness (QED) is 0.810. The maximum atomic E-state index is 12.9. The van der Waals surface area contributed by atoms with E-state index in [0.29, 0.717) is 12.1 Å². The number of rotatable bonds is 5. The van der Waals surface area contributed by atoms with Gasteiger partial charge in [-0.3, -0.25) is 0 Å². The van der Waals surface area contributed by atoms with E-state index in [9.17, 15) is 8.78 Å². The second-order valence-corrected chi connectivity index (χ2v) is 4.77. The molecule has 0 aliphatic heterocycles. The molecular weight excluding hydrogens is 208 g/mol. The van der Waals surface area contributed by atoms with E-state index in [1.54, 1.807) is 0 Å². The van der Waals surface area contributed by atoms with Crippen LogP contribution in [0.5, 0.6) is 0 Å². The third-order valence-corrected chi connectivity index (χ3v) is 2.57. The predicted molar refractivity (Wildman–Crippen MR) is 62.2 cm³/mol. The lowest BCUT2D eigenvalue weighted by atomic mass is 9.98. The Kier molecular flexibility index (Phi) is 4.42. The maximum Gasteiger partial charge on any atom is 0.126 e. The van der Waals surface area contributed by atoms with Gasteiger partial charge in [0.05, 0.1) is 0 Å². The van der Waals surface area contributed by atoms with Crippen LogP contribution in [0.2, 0.25) is 0 Å². The van der Waals surface area contributed by atoms with Gasteiger partial charge in [-0.25, -0.2) is 8.78 Å². The highest BCUT2D eigenvalue weighted by atomic mass is 19.1. The van der Waals surface area contributed by atoms with Crippen LogP contribution in [0, 0.1) is 11.6 Å². The van der Waals surface area contributed by atoms with Gasteiger partial charge in [-0.05, 0) is 38.0 Å². The first kappa shape index (κ1) is 13.1. The van der Waals surface area contributed by atoms with Crippen molar-refractivity contribution in [3.05, 3.63) is 35.4 Å². The van der Waals surface area contributed by atoms with Crippen LogP contribution in [0.4, 0.5) is 8.78 Å². The lowest BCUT2D eigenvalue weighted by molar-refractivity contribution is 0.356. The third kappa shape index (κ3) is 4.27. The predicted octanol–water partition coefficient (Wildman–Crippen LogP) is 3.63. The molecule has 1 rings (SSSR count). The van der Waals surface area contributed by atoms with Gasteiger partial charge >= 0.3 is 0 Å². The zero-order chi connectivity index (χ0) is 12.2. The summed E-state index contributed by atoms with van der Waals surface area (Å²) in [6, 6.07) is 3.61. The topological polar surface area (TPSA) is 12.0 Å². The molecule has 3 heteroatoms. The van der Waals surface area contributed by atoms with Crippen LogP contribution in [0.15, 0.2) is 18.2 Å². The van der Waals surface area contributed by atoms with Crippen LogP contribution in [0.25, 0.3) is 0 Å². The molecular formula is C13H19F2N. The van der Waals surface area contributed by atoms with Crippen LogP contribution in [0.1, 0.15) is 39.2 Å². The van der Waals surface area contributed by atoms with Gasteiger partial charge < -0.3 is 5.32 Å². The van der Waals surface area contributed by atoms with Crippen molar-refractivity contribution in [3.8, 4) is 0 Å². The first-order valence-electron chi connectivity index (χ1n) is 5.63. The zero-order valence-corrected chi connectivity index (χ0v) is 10.1. The zero-order valence-electron chi connectivity index (χ0n) is 10.1. The van der Waals surface area contributed by atoms with Gasteiger partial charge in [0.15, 0.2) is 0 Å². The van der Waals surface area contributed by atoms with Gasteiger partial charge in [-0.15, -0.1) is 0 Å². The van der Waals surface area contributed by atoms with E-state index in [1.807, 2.05) is 0 Å². The van der Waals surface area contributed by atoms with Gasteiger partial charge in [-0.2, -0.15) is 0 Å². The Morgan fingerprint density at radius 1 is 1.12 bits per heavy atom. The van der Waals surface area contributed by atoms with Gasteiger partial charge in [0.25, 0.3) is 0 Å². The lowest BCUT2D eigenvalue weighted by Gasteiger charge is -2.26. The molecule has 0 radical (unpaired) electrons. The molecule has 0 heterocycles. The molecule has 1 N–H and O–H groups in total. The molecule has 0 unspecified atom stereocenters. The molecule has 0 amide bonds. The molecule has 16 heavy (non-hydrogen) atoms. The smallest absolute Gasteiger partial charge is 0.126 e. The lowest BCUT2D eigenvalue weighted by Crippen LogP contribution is -2.38. The number of benzene rings is 1. The highest BCUT2D eigenvalue weighted by molar-refractivity contribution is 5.17. The molecule has 0 saturated carbocycles. The fourth-order valence-electron chi connectivity index (χ4n) is 1.77. The third-order valence-electron chi connectivity index (χ3n) is 2.57. The molecule has 0 aliphatic rings. The second-order valence-electron chi connectivity index (χ2n) is 4.77. The number of hydrogen-bond acceptors (Lipinski definition) is 1. The second kappa shape index (κ2) is 5.39. The molecule has 90 valence electrons. The van der Waals surface area contributed by atoms with E-state index in [1.165, 1.54) is 12.1 Å². The molecule has 0 aromatic heterocycles. The average Bonchev–Trinajstić information content (AvgIpc) is 2.13. The summed E-state index contributed by atoms with van der Waals surface area (Å²) in [4.78, 5) is 0. The summed E-state index contributed by atoms with van der Waals surface area (Å²) in [5, 5.41) is 3.30. The standard InChI is InChI=1S/C13H19F2N/c1-4-5-13(2,3)16-9-10-6-11(14)8-12(15)7-10/h6-8,16H,4-5,9H2,1-3H3. The number of halogens is 2. The van der Waals surface area contributed by atoms with Crippen molar-refractivity contribution in [1.82, 2.24) is 5.32 Å². The Hall–Kier alpha value is -0.960. The minimum absolute atomic E-state index is 0.00244. The number of nitrogens with one attached hydrogen (secondary N) is 1. The van der Waals surface area contributed by atoms with Crippen molar-refractivity contribution in [2.75, 3.05) is 0 Å². The van der Waals surface area contributed by atoms with Crippen molar-refractivity contribution in [3.63, 3.8) is 0 Å². The van der Waals surface area contributed by atoms with Gasteiger partial charge in [-0.1, -0.05) is 13.3 Å². The monoisotopic (exact) mass is 227 g/mol. The van der Waals surface area contributed by atoms with Crippen molar-refractivity contribution in [2.24, 2.45) is 0 Å². The highest BCUT2D eigenvalue weighted by Crippen LogP contribution is 2.13. The van der Waals surface area contributed by atoms with E-state index in [2.05, 4.69) is 26.1 Å². The van der Waals surface area contributed by atoms with Gasteiger partial charge in [0.2, 0.25) is 0 Å². The first-order chi connectivity index (χ1) is 7.43. The van der Waals surface area contributed by atoms with Crippen molar-refractivity contribution in [1.29, 1.82) is 0 Å². The SMILES string of the molecule is CCCC(C)(C)NCc1cc(F)cc(F)c1. The fourth-order valence-corrected chi connectivity index (χ4v) is 1.77. The van der Waals surface area contributed by atoms with Gasteiger partial charge in [0, 0.05) is 18.2 Å². The molecule has 0 bridgehead atoms. The van der Waals surface area contributed by atoms with E-state index in [-0.39, 0.29) is 5.54 Å². The van der Waals surface area contributed by atoms with Crippen LogP contribution >= 0.6 is 0 Å². The molecule has 1 aromatic rings.